The van der Waals surface area contributed by atoms with E-state index in [1.165, 1.54) is 18.5 Å². The molecule has 1 saturated heterocycles. The second kappa shape index (κ2) is 5.46. The van der Waals surface area contributed by atoms with Crippen molar-refractivity contribution in [2.75, 3.05) is 19.6 Å². The Balaban J connectivity index is 1.94. The van der Waals surface area contributed by atoms with Crippen LogP contribution in [0.15, 0.2) is 12.3 Å². The number of hydrogen-bond acceptors (Lipinski definition) is 3. The van der Waals surface area contributed by atoms with Gasteiger partial charge in [0, 0.05) is 25.8 Å². The normalized spacial score (nSPS) is 18.2. The zero-order chi connectivity index (χ0) is 11.4. The molecule has 1 aliphatic rings. The molecule has 0 aromatic carbocycles. The van der Waals surface area contributed by atoms with Crippen LogP contribution in [0.5, 0.6) is 0 Å². The van der Waals surface area contributed by atoms with Gasteiger partial charge in [-0.1, -0.05) is 6.92 Å². The van der Waals surface area contributed by atoms with Crippen LogP contribution in [0.4, 0.5) is 0 Å². The summed E-state index contributed by atoms with van der Waals surface area (Å²) in [5.41, 5.74) is 1.18. The van der Waals surface area contributed by atoms with E-state index >= 15 is 0 Å². The molecule has 1 N–H and O–H groups in total. The zero-order valence-electron chi connectivity index (χ0n) is 10.3. The Hall–Kier alpha value is -0.870. The van der Waals surface area contributed by atoms with E-state index in [9.17, 15) is 0 Å². The Bertz CT molecular complexity index is 315. The van der Waals surface area contributed by atoms with Gasteiger partial charge in [-0.3, -0.25) is 9.58 Å². The van der Waals surface area contributed by atoms with Gasteiger partial charge in [0.15, 0.2) is 0 Å². The first-order valence-electron chi connectivity index (χ1n) is 6.23. The van der Waals surface area contributed by atoms with Crippen LogP contribution in [-0.2, 0) is 13.6 Å². The van der Waals surface area contributed by atoms with Crippen LogP contribution in [0, 0.1) is 0 Å². The van der Waals surface area contributed by atoms with Crippen LogP contribution in [-0.4, -0.2) is 40.4 Å². The van der Waals surface area contributed by atoms with Crippen molar-refractivity contribution in [2.24, 2.45) is 7.05 Å². The lowest BCUT2D eigenvalue weighted by Gasteiger charge is -2.33. The molecular formula is C12H22N4. The summed E-state index contributed by atoms with van der Waals surface area (Å²) in [5.74, 6) is 0. The number of piperidine rings is 1. The largest absolute Gasteiger partial charge is 0.317 e. The van der Waals surface area contributed by atoms with Gasteiger partial charge in [0.2, 0.25) is 0 Å². The van der Waals surface area contributed by atoms with E-state index < -0.39 is 0 Å². The summed E-state index contributed by atoms with van der Waals surface area (Å²) in [6, 6.07) is 2.84. The molecular weight excluding hydrogens is 200 g/mol. The van der Waals surface area contributed by atoms with Crippen molar-refractivity contribution in [3.63, 3.8) is 0 Å². The third kappa shape index (κ3) is 2.83. The number of hydrogen-bond donors (Lipinski definition) is 1. The molecule has 0 unspecified atom stereocenters. The molecule has 0 aliphatic carbocycles. The number of aryl methyl sites for hydroxylation is 1. The molecule has 1 aromatic heterocycles. The molecule has 4 heteroatoms. The lowest BCUT2D eigenvalue weighted by Crippen LogP contribution is -2.42. The molecule has 1 aromatic rings. The quantitative estimate of drug-likeness (QED) is 0.825. The summed E-state index contributed by atoms with van der Waals surface area (Å²) in [5, 5.41) is 7.87. The van der Waals surface area contributed by atoms with Crippen LogP contribution in [0.2, 0.25) is 0 Å². The third-order valence-corrected chi connectivity index (χ3v) is 3.37. The van der Waals surface area contributed by atoms with Gasteiger partial charge in [-0.05, 0) is 38.5 Å². The van der Waals surface area contributed by atoms with Gasteiger partial charge in [0.05, 0.1) is 5.69 Å². The Labute approximate surface area is 97.6 Å². The van der Waals surface area contributed by atoms with Crippen molar-refractivity contribution >= 4 is 0 Å². The van der Waals surface area contributed by atoms with E-state index in [1.807, 2.05) is 17.9 Å². The third-order valence-electron chi connectivity index (χ3n) is 3.37. The van der Waals surface area contributed by atoms with Crippen LogP contribution >= 0.6 is 0 Å². The number of rotatable bonds is 4. The average molecular weight is 222 g/mol. The fraction of sp³-hybridized carbons (Fsp3) is 0.750. The predicted octanol–water partition coefficient (Wildman–Crippen LogP) is 0.994. The van der Waals surface area contributed by atoms with Gasteiger partial charge < -0.3 is 5.32 Å². The van der Waals surface area contributed by atoms with Gasteiger partial charge in [-0.15, -0.1) is 0 Å². The monoisotopic (exact) mass is 222 g/mol. The topological polar surface area (TPSA) is 33.1 Å². The van der Waals surface area contributed by atoms with Crippen LogP contribution in [0.1, 0.15) is 25.5 Å². The first kappa shape index (κ1) is 11.6. The molecule has 0 bridgehead atoms. The molecule has 0 spiro atoms. The van der Waals surface area contributed by atoms with E-state index in [4.69, 9.17) is 0 Å². The van der Waals surface area contributed by atoms with Crippen molar-refractivity contribution in [3.8, 4) is 0 Å². The lowest BCUT2D eigenvalue weighted by molar-refractivity contribution is 0.160. The Kier molecular flexibility index (Phi) is 3.96. The van der Waals surface area contributed by atoms with Gasteiger partial charge in [-0.25, -0.2) is 0 Å². The molecule has 1 fully saturated rings. The molecule has 1 aliphatic heterocycles. The summed E-state index contributed by atoms with van der Waals surface area (Å²) in [6.07, 6.45) is 4.55. The summed E-state index contributed by atoms with van der Waals surface area (Å²) >= 11 is 0. The number of aromatic nitrogens is 2. The summed E-state index contributed by atoms with van der Waals surface area (Å²) in [4.78, 5) is 2.54. The highest BCUT2D eigenvalue weighted by Crippen LogP contribution is 2.14. The maximum absolute atomic E-state index is 4.45. The summed E-state index contributed by atoms with van der Waals surface area (Å²) < 4.78 is 1.88. The second-order valence-corrected chi connectivity index (χ2v) is 4.53. The fourth-order valence-electron chi connectivity index (χ4n) is 2.43. The van der Waals surface area contributed by atoms with Gasteiger partial charge in [0.25, 0.3) is 0 Å². The molecule has 90 valence electrons. The van der Waals surface area contributed by atoms with E-state index in [-0.39, 0.29) is 0 Å². The van der Waals surface area contributed by atoms with Crippen molar-refractivity contribution in [3.05, 3.63) is 18.0 Å². The van der Waals surface area contributed by atoms with E-state index in [2.05, 4.69) is 28.3 Å². The van der Waals surface area contributed by atoms with E-state index in [0.717, 1.165) is 32.2 Å². The first-order valence-corrected chi connectivity index (χ1v) is 6.23. The number of nitrogens with zero attached hydrogens (tertiary/aromatic N) is 3. The SMILES string of the molecule is CCN(Cc1ccn(C)n1)C1CCNCC1. The van der Waals surface area contributed by atoms with Gasteiger partial charge >= 0.3 is 0 Å². The van der Waals surface area contributed by atoms with Crippen molar-refractivity contribution in [2.45, 2.75) is 32.4 Å². The minimum atomic E-state index is 0.730. The fourth-order valence-corrected chi connectivity index (χ4v) is 2.43. The summed E-state index contributed by atoms with van der Waals surface area (Å²) in [7, 11) is 1.98. The zero-order valence-corrected chi connectivity index (χ0v) is 10.3. The minimum Gasteiger partial charge on any atom is -0.317 e. The van der Waals surface area contributed by atoms with Crippen LogP contribution in [0.25, 0.3) is 0 Å². The molecule has 2 heterocycles. The average Bonchev–Trinajstić information content (AvgIpc) is 2.73. The molecule has 16 heavy (non-hydrogen) atoms. The highest BCUT2D eigenvalue weighted by Gasteiger charge is 2.20. The molecule has 2 rings (SSSR count). The van der Waals surface area contributed by atoms with Crippen molar-refractivity contribution in [1.29, 1.82) is 0 Å². The van der Waals surface area contributed by atoms with Crippen molar-refractivity contribution in [1.82, 2.24) is 20.0 Å². The number of nitrogens with one attached hydrogen (secondary N) is 1. The van der Waals surface area contributed by atoms with Crippen LogP contribution < -0.4 is 5.32 Å². The predicted molar refractivity (Wildman–Crippen MR) is 65.2 cm³/mol. The summed E-state index contributed by atoms with van der Waals surface area (Å²) in [6.45, 7) is 6.65. The smallest absolute Gasteiger partial charge is 0.0764 e. The Morgan fingerprint density at radius 1 is 1.50 bits per heavy atom. The highest BCUT2D eigenvalue weighted by molar-refractivity contribution is 4.99. The maximum atomic E-state index is 4.45. The van der Waals surface area contributed by atoms with Gasteiger partial charge in [-0.2, -0.15) is 5.10 Å². The maximum Gasteiger partial charge on any atom is 0.0764 e. The van der Waals surface area contributed by atoms with E-state index in [0.29, 0.717) is 0 Å². The van der Waals surface area contributed by atoms with Crippen LogP contribution in [0.3, 0.4) is 0 Å². The standard InChI is InChI=1S/C12H22N4/c1-3-16(12-4-7-13-8-5-12)10-11-6-9-15(2)14-11/h6,9,12-13H,3-5,7-8,10H2,1-2H3. The van der Waals surface area contributed by atoms with Gasteiger partial charge in [0.1, 0.15) is 0 Å². The molecule has 0 saturated carbocycles. The molecule has 4 nitrogen and oxygen atoms in total. The first-order chi connectivity index (χ1) is 7.79. The molecule has 0 amide bonds. The van der Waals surface area contributed by atoms with Crippen molar-refractivity contribution < 1.29 is 0 Å². The Morgan fingerprint density at radius 2 is 2.25 bits per heavy atom. The molecule has 0 radical (unpaired) electrons. The lowest BCUT2D eigenvalue weighted by atomic mass is 10.0. The molecule has 0 atom stereocenters. The second-order valence-electron chi connectivity index (χ2n) is 4.53. The Morgan fingerprint density at radius 3 is 2.81 bits per heavy atom. The minimum absolute atomic E-state index is 0.730. The van der Waals surface area contributed by atoms with E-state index in [1.54, 1.807) is 0 Å². The highest BCUT2D eigenvalue weighted by atomic mass is 15.3.